The molecule has 3 unspecified atom stereocenters. The molecule has 2 aromatic carbocycles. The van der Waals surface area contributed by atoms with Crippen LogP contribution in [0.25, 0.3) is 10.9 Å². The van der Waals surface area contributed by atoms with Crippen LogP contribution in [0.4, 0.5) is 0 Å². The molecule has 1 aromatic heterocycles. The van der Waals surface area contributed by atoms with Crippen LogP contribution in [0.3, 0.4) is 0 Å². The van der Waals surface area contributed by atoms with Gasteiger partial charge in [0.15, 0.2) is 0 Å². The third-order valence-corrected chi connectivity index (χ3v) is 9.93. The molecule has 2 bridgehead atoms. The van der Waals surface area contributed by atoms with E-state index in [9.17, 15) is 9.90 Å². The maximum atomic E-state index is 13.6. The van der Waals surface area contributed by atoms with E-state index in [0.717, 1.165) is 60.6 Å². The zero-order valence-electron chi connectivity index (χ0n) is 21.7. The van der Waals surface area contributed by atoms with Crippen LogP contribution in [-0.2, 0) is 23.1 Å². The number of amides is 1. The predicted octanol–water partition coefficient (Wildman–Crippen LogP) is 4.05. The van der Waals surface area contributed by atoms with Gasteiger partial charge in [0.25, 0.3) is 0 Å². The number of nitrogens with one attached hydrogen (secondary N) is 1. The van der Waals surface area contributed by atoms with Gasteiger partial charge in [-0.25, -0.2) is 0 Å². The minimum Gasteiger partial charge on any atom is -0.497 e. The molecule has 194 valence electrons. The molecule has 1 saturated carbocycles. The number of carbonyl (C=O) groups is 1. The zero-order valence-corrected chi connectivity index (χ0v) is 21.7. The van der Waals surface area contributed by atoms with Crippen molar-refractivity contribution >= 4 is 16.8 Å². The second-order valence-corrected chi connectivity index (χ2v) is 11.9. The number of carbonyl (C=O) groups excluding carboxylic acids is 1. The van der Waals surface area contributed by atoms with E-state index < -0.39 is 5.60 Å². The van der Waals surface area contributed by atoms with E-state index >= 15 is 0 Å². The number of piperidine rings is 1. The number of aromatic amines is 1. The molecule has 7 rings (SSSR count). The summed E-state index contributed by atoms with van der Waals surface area (Å²) in [6.07, 6.45) is 6.20. The largest absolute Gasteiger partial charge is 0.497 e. The molecule has 2 saturated heterocycles. The van der Waals surface area contributed by atoms with E-state index in [0.29, 0.717) is 25.9 Å². The average molecular weight is 500 g/mol. The highest BCUT2D eigenvalue weighted by atomic mass is 16.5. The molecule has 3 aromatic rings. The topological polar surface area (TPSA) is 68.8 Å². The number of benzene rings is 2. The van der Waals surface area contributed by atoms with Crippen molar-refractivity contribution in [3.63, 3.8) is 0 Å². The van der Waals surface area contributed by atoms with E-state index in [1.165, 1.54) is 24.0 Å². The summed E-state index contributed by atoms with van der Waals surface area (Å²) in [5.74, 6) is 1.78. The molecule has 2 aliphatic heterocycles. The monoisotopic (exact) mass is 499 g/mol. The third-order valence-electron chi connectivity index (χ3n) is 9.93. The summed E-state index contributed by atoms with van der Waals surface area (Å²) in [6, 6.07) is 16.8. The predicted molar refractivity (Wildman–Crippen MR) is 144 cm³/mol. The lowest BCUT2D eigenvalue weighted by Crippen LogP contribution is -2.71. The van der Waals surface area contributed by atoms with E-state index in [4.69, 9.17) is 4.74 Å². The molecule has 1 amide bonds. The number of nitrogens with zero attached hydrogens (tertiary/aromatic N) is 2. The Labute approximate surface area is 218 Å². The standard InChI is InChI=1S/C31H37N3O3/c1-37-25-9-8-22-17-28-31(36)12-15-33(29(35)18-24-16-23-4-2-3-5-27(23)32-24)13-10-30(31,26(22)19-25)11-14-34(28)20-21-6-7-21/h2-5,8-9,16,19,21,28,32,36H,6-7,10-15,17-18,20H2,1H3. The number of aromatic nitrogens is 1. The lowest BCUT2D eigenvalue weighted by molar-refractivity contribution is -0.149. The molecular weight excluding hydrogens is 462 g/mol. The van der Waals surface area contributed by atoms with Gasteiger partial charge in [0.1, 0.15) is 5.75 Å². The van der Waals surface area contributed by atoms with Crippen molar-refractivity contribution in [2.75, 3.05) is 33.3 Å². The lowest BCUT2D eigenvalue weighted by atomic mass is 9.52. The highest BCUT2D eigenvalue weighted by Gasteiger charge is 2.63. The first-order valence-corrected chi connectivity index (χ1v) is 14.0. The maximum Gasteiger partial charge on any atom is 0.228 e. The Hall–Kier alpha value is -2.83. The molecule has 6 nitrogen and oxygen atoms in total. The third kappa shape index (κ3) is 3.71. The SMILES string of the molecule is COc1ccc2c(c1)C13CCN(C(=O)Cc4cc5ccccc5[nH]4)CCC1(O)C(C2)N(CC1CC1)CC3. The van der Waals surface area contributed by atoms with Gasteiger partial charge >= 0.3 is 0 Å². The van der Waals surface area contributed by atoms with Crippen molar-refractivity contribution in [3.05, 3.63) is 65.4 Å². The normalized spacial score (nSPS) is 29.5. The number of fused-ring (bicyclic) bond motifs is 2. The summed E-state index contributed by atoms with van der Waals surface area (Å²) in [5, 5.41) is 13.8. The fraction of sp³-hybridized carbons (Fsp3) is 0.516. The van der Waals surface area contributed by atoms with Crippen molar-refractivity contribution in [1.29, 1.82) is 0 Å². The van der Waals surface area contributed by atoms with Gasteiger partial charge < -0.3 is 19.7 Å². The molecule has 2 N–H and O–H groups in total. The smallest absolute Gasteiger partial charge is 0.228 e. The molecular formula is C31H37N3O3. The quantitative estimate of drug-likeness (QED) is 0.556. The molecule has 0 spiro atoms. The average Bonchev–Trinajstić information content (AvgIpc) is 3.65. The Morgan fingerprint density at radius 1 is 1.08 bits per heavy atom. The van der Waals surface area contributed by atoms with Crippen molar-refractivity contribution in [2.24, 2.45) is 5.92 Å². The minimum absolute atomic E-state index is 0.103. The molecule has 2 aliphatic carbocycles. The first-order valence-electron chi connectivity index (χ1n) is 14.0. The number of hydrogen-bond acceptors (Lipinski definition) is 4. The van der Waals surface area contributed by atoms with Crippen LogP contribution in [0.15, 0.2) is 48.5 Å². The van der Waals surface area contributed by atoms with E-state index in [-0.39, 0.29) is 17.4 Å². The molecule has 3 atom stereocenters. The second kappa shape index (κ2) is 8.60. The zero-order chi connectivity index (χ0) is 25.2. The Balaban J connectivity index is 1.21. The first kappa shape index (κ1) is 23.3. The fourth-order valence-electron chi connectivity index (χ4n) is 7.74. The molecule has 4 aliphatic rings. The molecule has 6 heteroatoms. The van der Waals surface area contributed by atoms with Crippen LogP contribution < -0.4 is 4.74 Å². The van der Waals surface area contributed by atoms with Crippen LogP contribution in [0.2, 0.25) is 0 Å². The highest BCUT2D eigenvalue weighted by molar-refractivity contribution is 5.84. The highest BCUT2D eigenvalue weighted by Crippen LogP contribution is 2.56. The number of aliphatic hydroxyl groups is 1. The van der Waals surface area contributed by atoms with Crippen molar-refractivity contribution in [2.45, 2.75) is 62.0 Å². The summed E-state index contributed by atoms with van der Waals surface area (Å²) in [6.45, 7) is 3.39. The minimum atomic E-state index is -0.852. The van der Waals surface area contributed by atoms with Gasteiger partial charge in [-0.2, -0.15) is 0 Å². The number of hydrogen-bond donors (Lipinski definition) is 2. The van der Waals surface area contributed by atoms with Gasteiger partial charge in [-0.05, 0) is 91.8 Å². The molecule has 3 heterocycles. The number of H-pyrrole nitrogens is 1. The Kier molecular flexibility index (Phi) is 5.42. The van der Waals surface area contributed by atoms with Crippen molar-refractivity contribution in [1.82, 2.24) is 14.8 Å². The molecule has 3 fully saturated rings. The van der Waals surface area contributed by atoms with Crippen molar-refractivity contribution in [3.8, 4) is 5.75 Å². The Morgan fingerprint density at radius 2 is 1.89 bits per heavy atom. The lowest BCUT2D eigenvalue weighted by Gasteiger charge is -2.61. The number of rotatable bonds is 5. The number of ether oxygens (including phenoxy) is 1. The molecule has 37 heavy (non-hydrogen) atoms. The van der Waals surface area contributed by atoms with Crippen LogP contribution in [0.1, 0.15) is 48.9 Å². The number of methoxy groups -OCH3 is 1. The fourth-order valence-corrected chi connectivity index (χ4v) is 7.74. The maximum absolute atomic E-state index is 13.6. The second-order valence-electron chi connectivity index (χ2n) is 11.9. The summed E-state index contributed by atoms with van der Waals surface area (Å²) in [7, 11) is 1.72. The summed E-state index contributed by atoms with van der Waals surface area (Å²) < 4.78 is 5.63. The molecule has 0 radical (unpaired) electrons. The van der Waals surface area contributed by atoms with E-state index in [1.54, 1.807) is 7.11 Å². The van der Waals surface area contributed by atoms with Crippen LogP contribution in [0, 0.1) is 5.92 Å². The van der Waals surface area contributed by atoms with Crippen LogP contribution in [-0.4, -0.2) is 70.7 Å². The number of likely N-dealkylation sites (tertiary alicyclic amines) is 2. The summed E-state index contributed by atoms with van der Waals surface area (Å²) in [4.78, 5) is 21.6. The van der Waals surface area contributed by atoms with Gasteiger partial charge in [-0.3, -0.25) is 9.69 Å². The summed E-state index contributed by atoms with van der Waals surface area (Å²) >= 11 is 0. The summed E-state index contributed by atoms with van der Waals surface area (Å²) in [5.41, 5.74) is 3.41. The van der Waals surface area contributed by atoms with E-state index in [1.807, 2.05) is 23.1 Å². The van der Waals surface area contributed by atoms with Crippen LogP contribution in [0.5, 0.6) is 5.75 Å². The van der Waals surface area contributed by atoms with Gasteiger partial charge in [-0.1, -0.05) is 24.3 Å². The van der Waals surface area contributed by atoms with Gasteiger partial charge in [-0.15, -0.1) is 0 Å². The van der Waals surface area contributed by atoms with Gasteiger partial charge in [0, 0.05) is 42.3 Å². The Morgan fingerprint density at radius 3 is 2.70 bits per heavy atom. The first-order chi connectivity index (χ1) is 18.0. The van der Waals surface area contributed by atoms with Crippen molar-refractivity contribution < 1.29 is 14.6 Å². The Bertz CT molecular complexity index is 1310. The van der Waals surface area contributed by atoms with Gasteiger partial charge in [0.05, 0.1) is 19.1 Å². The number of para-hydroxylation sites is 1. The van der Waals surface area contributed by atoms with Gasteiger partial charge in [0.2, 0.25) is 5.91 Å². The van der Waals surface area contributed by atoms with Crippen LogP contribution >= 0.6 is 0 Å². The van der Waals surface area contributed by atoms with E-state index in [2.05, 4.69) is 40.2 Å².